The highest BCUT2D eigenvalue weighted by Gasteiger charge is 2.24. The Bertz CT molecular complexity index is 568. The Hall–Kier alpha value is -1.53. The third-order valence-electron chi connectivity index (χ3n) is 4.67. The van der Waals surface area contributed by atoms with Crippen molar-refractivity contribution in [2.75, 3.05) is 26.3 Å². The smallest absolute Gasteiger partial charge is 0.254 e. The summed E-state index contributed by atoms with van der Waals surface area (Å²) in [6.07, 6.45) is 2.96. The number of amides is 1. The van der Waals surface area contributed by atoms with Gasteiger partial charge in [0.2, 0.25) is 0 Å². The average Bonchev–Trinajstić information content (AvgIpc) is 2.58. The first-order valence-corrected chi connectivity index (χ1v) is 8.23. The van der Waals surface area contributed by atoms with Gasteiger partial charge in [-0.2, -0.15) is 0 Å². The molecule has 0 radical (unpaired) electrons. The number of hydrogen-bond donors (Lipinski definition) is 2. The van der Waals surface area contributed by atoms with Crippen LogP contribution in [0.25, 0.3) is 0 Å². The molecular formula is C17H22F2N2O2. The number of ether oxygens (including phenoxy) is 1. The van der Waals surface area contributed by atoms with E-state index in [1.807, 2.05) is 0 Å². The highest BCUT2D eigenvalue weighted by molar-refractivity contribution is 5.94. The molecule has 0 atom stereocenters. The van der Waals surface area contributed by atoms with Crippen molar-refractivity contribution in [3.8, 4) is 0 Å². The maximum absolute atomic E-state index is 14.4. The van der Waals surface area contributed by atoms with Crippen molar-refractivity contribution in [3.05, 3.63) is 34.9 Å². The van der Waals surface area contributed by atoms with Crippen molar-refractivity contribution in [2.24, 2.45) is 0 Å². The van der Waals surface area contributed by atoms with Gasteiger partial charge >= 0.3 is 0 Å². The minimum atomic E-state index is -0.649. The topological polar surface area (TPSA) is 50.4 Å². The predicted molar refractivity (Wildman–Crippen MR) is 82.5 cm³/mol. The third kappa shape index (κ3) is 3.87. The molecule has 1 aromatic carbocycles. The minimum absolute atomic E-state index is 0.0124. The number of hydrogen-bond acceptors (Lipinski definition) is 3. The molecule has 4 nitrogen and oxygen atoms in total. The summed E-state index contributed by atoms with van der Waals surface area (Å²) in [6, 6.07) is 2.20. The Balaban J connectivity index is 1.74. The Labute approximate surface area is 134 Å². The van der Waals surface area contributed by atoms with E-state index < -0.39 is 17.5 Å². The van der Waals surface area contributed by atoms with Gasteiger partial charge < -0.3 is 15.4 Å². The quantitative estimate of drug-likeness (QED) is 0.897. The fourth-order valence-electron chi connectivity index (χ4n) is 3.29. The number of carbonyl (C=O) groups is 1. The molecular weight excluding hydrogens is 302 g/mol. The Morgan fingerprint density at radius 2 is 1.78 bits per heavy atom. The van der Waals surface area contributed by atoms with E-state index in [1.54, 1.807) is 0 Å². The molecule has 0 aromatic heterocycles. The summed E-state index contributed by atoms with van der Waals surface area (Å²) >= 11 is 0. The van der Waals surface area contributed by atoms with Crippen LogP contribution in [0.2, 0.25) is 0 Å². The van der Waals surface area contributed by atoms with Crippen LogP contribution in [0.4, 0.5) is 8.78 Å². The number of piperidine rings is 1. The lowest BCUT2D eigenvalue weighted by atomic mass is 9.89. The van der Waals surface area contributed by atoms with Crippen LogP contribution in [-0.2, 0) is 4.74 Å². The first-order valence-electron chi connectivity index (χ1n) is 8.23. The van der Waals surface area contributed by atoms with Gasteiger partial charge in [-0.25, -0.2) is 8.78 Å². The van der Waals surface area contributed by atoms with E-state index in [4.69, 9.17) is 4.74 Å². The van der Waals surface area contributed by atoms with Crippen LogP contribution >= 0.6 is 0 Å². The lowest BCUT2D eigenvalue weighted by Crippen LogP contribution is -2.39. The van der Waals surface area contributed by atoms with Crippen molar-refractivity contribution < 1.29 is 18.3 Å². The predicted octanol–water partition coefficient (Wildman–Crippen LogP) is 2.34. The van der Waals surface area contributed by atoms with Crippen molar-refractivity contribution in [3.63, 3.8) is 0 Å². The molecule has 6 heteroatoms. The molecule has 2 saturated heterocycles. The molecule has 2 aliphatic heterocycles. The third-order valence-corrected chi connectivity index (χ3v) is 4.67. The fourth-order valence-corrected chi connectivity index (χ4v) is 3.29. The van der Waals surface area contributed by atoms with Crippen LogP contribution in [0.1, 0.15) is 47.5 Å². The van der Waals surface area contributed by atoms with Gasteiger partial charge in [0, 0.05) is 19.3 Å². The standard InChI is InChI=1S/C17H22F2N2O2/c18-15-10-14(17(22)21-12-3-7-23-8-4-12)16(19)9-13(15)11-1-5-20-6-2-11/h9-12,20H,1-8H2,(H,21,22). The van der Waals surface area contributed by atoms with E-state index in [0.717, 1.165) is 32.0 Å². The Morgan fingerprint density at radius 3 is 2.48 bits per heavy atom. The van der Waals surface area contributed by atoms with Gasteiger partial charge in [0.15, 0.2) is 0 Å². The Morgan fingerprint density at radius 1 is 1.09 bits per heavy atom. The number of rotatable bonds is 3. The molecule has 2 N–H and O–H groups in total. The van der Waals surface area contributed by atoms with Crippen LogP contribution in [0, 0.1) is 11.6 Å². The van der Waals surface area contributed by atoms with Gasteiger partial charge in [0.1, 0.15) is 11.6 Å². The first-order chi connectivity index (χ1) is 11.1. The summed E-state index contributed by atoms with van der Waals surface area (Å²) in [5.74, 6) is -1.68. The molecule has 3 rings (SSSR count). The highest BCUT2D eigenvalue weighted by atomic mass is 19.1. The van der Waals surface area contributed by atoms with E-state index in [-0.39, 0.29) is 17.5 Å². The first kappa shape index (κ1) is 16.3. The molecule has 126 valence electrons. The SMILES string of the molecule is O=C(NC1CCOCC1)c1cc(F)c(C2CCNCC2)cc1F. The molecule has 2 heterocycles. The van der Waals surface area contributed by atoms with E-state index >= 15 is 0 Å². The monoisotopic (exact) mass is 324 g/mol. The largest absolute Gasteiger partial charge is 0.381 e. The summed E-state index contributed by atoms with van der Waals surface area (Å²) in [4.78, 5) is 12.2. The van der Waals surface area contributed by atoms with Crippen LogP contribution in [0.3, 0.4) is 0 Å². The molecule has 0 bridgehead atoms. The molecule has 1 amide bonds. The van der Waals surface area contributed by atoms with E-state index in [2.05, 4.69) is 10.6 Å². The summed E-state index contributed by atoms with van der Waals surface area (Å²) in [5.41, 5.74) is 0.165. The number of halogens is 2. The summed E-state index contributed by atoms with van der Waals surface area (Å²) in [6.45, 7) is 2.77. The summed E-state index contributed by atoms with van der Waals surface area (Å²) < 4.78 is 33.9. The van der Waals surface area contributed by atoms with Crippen molar-refractivity contribution in [1.82, 2.24) is 10.6 Å². The Kier molecular flexibility index (Phi) is 5.23. The van der Waals surface area contributed by atoms with Crippen LogP contribution < -0.4 is 10.6 Å². The van der Waals surface area contributed by atoms with Gasteiger partial charge in [0.05, 0.1) is 5.56 Å². The van der Waals surface area contributed by atoms with Gasteiger partial charge in [-0.3, -0.25) is 4.79 Å². The van der Waals surface area contributed by atoms with Gasteiger partial charge in [-0.05, 0) is 62.4 Å². The van der Waals surface area contributed by atoms with Gasteiger partial charge in [-0.1, -0.05) is 0 Å². The molecule has 0 unspecified atom stereocenters. The molecule has 2 fully saturated rings. The van der Waals surface area contributed by atoms with E-state index in [9.17, 15) is 13.6 Å². The lowest BCUT2D eigenvalue weighted by Gasteiger charge is -2.25. The molecule has 2 aliphatic rings. The summed E-state index contributed by atoms with van der Waals surface area (Å²) in [5, 5.41) is 5.97. The molecule has 0 aliphatic carbocycles. The van der Waals surface area contributed by atoms with E-state index in [1.165, 1.54) is 6.07 Å². The maximum atomic E-state index is 14.4. The zero-order valence-electron chi connectivity index (χ0n) is 13.0. The normalized spacial score (nSPS) is 20.4. The minimum Gasteiger partial charge on any atom is -0.381 e. The van der Waals surface area contributed by atoms with Crippen molar-refractivity contribution in [2.45, 2.75) is 37.6 Å². The van der Waals surface area contributed by atoms with E-state index in [0.29, 0.717) is 31.6 Å². The highest BCUT2D eigenvalue weighted by Crippen LogP contribution is 2.29. The molecule has 23 heavy (non-hydrogen) atoms. The average molecular weight is 324 g/mol. The zero-order chi connectivity index (χ0) is 16.2. The van der Waals surface area contributed by atoms with Gasteiger partial charge in [-0.15, -0.1) is 0 Å². The fraction of sp³-hybridized carbons (Fsp3) is 0.588. The second kappa shape index (κ2) is 7.36. The second-order valence-corrected chi connectivity index (χ2v) is 6.24. The van der Waals surface area contributed by atoms with Crippen molar-refractivity contribution in [1.29, 1.82) is 0 Å². The molecule has 1 aromatic rings. The van der Waals surface area contributed by atoms with Crippen LogP contribution in [0.5, 0.6) is 0 Å². The van der Waals surface area contributed by atoms with Crippen molar-refractivity contribution >= 4 is 5.91 Å². The lowest BCUT2D eigenvalue weighted by molar-refractivity contribution is 0.0694. The number of nitrogens with one attached hydrogen (secondary N) is 2. The second-order valence-electron chi connectivity index (χ2n) is 6.24. The van der Waals surface area contributed by atoms with Crippen LogP contribution in [-0.4, -0.2) is 38.3 Å². The molecule has 0 saturated carbocycles. The maximum Gasteiger partial charge on any atom is 0.254 e. The number of benzene rings is 1. The van der Waals surface area contributed by atoms with Crippen LogP contribution in [0.15, 0.2) is 12.1 Å². The van der Waals surface area contributed by atoms with Gasteiger partial charge in [0.25, 0.3) is 5.91 Å². The summed E-state index contributed by atoms with van der Waals surface area (Å²) in [7, 11) is 0. The molecule has 0 spiro atoms. The zero-order valence-corrected chi connectivity index (χ0v) is 13.0. The number of carbonyl (C=O) groups excluding carboxylic acids is 1.